The zero-order valence-electron chi connectivity index (χ0n) is 15.4. The highest BCUT2D eigenvalue weighted by Crippen LogP contribution is 2.20. The Morgan fingerprint density at radius 2 is 1.82 bits per heavy atom. The van der Waals surface area contributed by atoms with Gasteiger partial charge >= 0.3 is 0 Å². The minimum absolute atomic E-state index is 0.0552. The number of aryl methyl sites for hydroxylation is 2. The van der Waals surface area contributed by atoms with E-state index in [-0.39, 0.29) is 23.3 Å². The van der Waals surface area contributed by atoms with Gasteiger partial charge in [0.2, 0.25) is 15.9 Å². The van der Waals surface area contributed by atoms with Crippen LogP contribution >= 0.6 is 0 Å². The fourth-order valence-corrected chi connectivity index (χ4v) is 3.45. The maximum absolute atomic E-state index is 12.6. The predicted molar refractivity (Wildman–Crippen MR) is 106 cm³/mol. The number of amides is 1. The summed E-state index contributed by atoms with van der Waals surface area (Å²) in [4.78, 5) is 17.0. The van der Waals surface area contributed by atoms with Crippen molar-refractivity contribution in [1.82, 2.24) is 14.9 Å². The van der Waals surface area contributed by atoms with E-state index in [0.717, 1.165) is 17.0 Å². The minimum Gasteiger partial charge on any atom is -0.342 e. The number of hydrogen-bond acceptors (Lipinski definition) is 4. The van der Waals surface area contributed by atoms with Crippen molar-refractivity contribution < 1.29 is 13.2 Å². The van der Waals surface area contributed by atoms with Gasteiger partial charge in [-0.2, -0.15) is 0 Å². The maximum atomic E-state index is 12.6. The molecule has 146 valence electrons. The second kappa shape index (κ2) is 8.37. The van der Waals surface area contributed by atoms with Gasteiger partial charge in [0, 0.05) is 25.9 Å². The Balaban J connectivity index is 1.68. The summed E-state index contributed by atoms with van der Waals surface area (Å²) >= 11 is 0. The number of benzene rings is 2. The lowest BCUT2D eigenvalue weighted by molar-refractivity contribution is -0.121. The Kier molecular flexibility index (Phi) is 5.91. The number of carbonyl (C=O) groups is 1. The molecule has 2 aromatic carbocycles. The Morgan fingerprint density at radius 3 is 2.39 bits per heavy atom. The van der Waals surface area contributed by atoms with Gasteiger partial charge in [0.1, 0.15) is 11.9 Å². The molecule has 1 unspecified atom stereocenters. The molecular weight excluding hydrogens is 376 g/mol. The molecule has 0 bridgehead atoms. The van der Waals surface area contributed by atoms with Crippen LogP contribution in [0.5, 0.6) is 0 Å². The molecule has 3 aromatic rings. The number of aromatic nitrogens is 2. The molecule has 1 heterocycles. The van der Waals surface area contributed by atoms with Gasteiger partial charge in [-0.1, -0.05) is 42.5 Å². The van der Waals surface area contributed by atoms with Gasteiger partial charge in [-0.3, -0.25) is 4.79 Å². The lowest BCUT2D eigenvalue weighted by Gasteiger charge is -2.19. The molecular formula is C20H22N4O3S. The van der Waals surface area contributed by atoms with E-state index >= 15 is 0 Å². The lowest BCUT2D eigenvalue weighted by Crippen LogP contribution is -2.31. The Morgan fingerprint density at radius 1 is 1.14 bits per heavy atom. The van der Waals surface area contributed by atoms with Crippen LogP contribution in [-0.4, -0.2) is 23.9 Å². The summed E-state index contributed by atoms with van der Waals surface area (Å²) in [6.45, 7) is 0. The number of nitrogens with one attached hydrogen (secondary N) is 1. The van der Waals surface area contributed by atoms with E-state index in [1.165, 1.54) is 12.1 Å². The second-order valence-corrected chi connectivity index (χ2v) is 8.06. The van der Waals surface area contributed by atoms with E-state index in [0.29, 0.717) is 6.42 Å². The molecule has 0 aliphatic heterocycles. The largest absolute Gasteiger partial charge is 0.342 e. The van der Waals surface area contributed by atoms with E-state index in [1.807, 2.05) is 48.1 Å². The molecule has 1 amide bonds. The molecule has 3 rings (SSSR count). The van der Waals surface area contributed by atoms with Crippen LogP contribution in [0.1, 0.15) is 29.4 Å². The molecule has 7 nitrogen and oxygen atoms in total. The molecule has 0 radical (unpaired) electrons. The summed E-state index contributed by atoms with van der Waals surface area (Å²) in [5, 5.41) is 8.14. The molecule has 28 heavy (non-hydrogen) atoms. The van der Waals surface area contributed by atoms with Crippen molar-refractivity contribution in [3.63, 3.8) is 0 Å². The molecule has 0 spiro atoms. The van der Waals surface area contributed by atoms with Crippen LogP contribution < -0.4 is 10.5 Å². The fraction of sp³-hybridized carbons (Fsp3) is 0.200. The van der Waals surface area contributed by atoms with Crippen molar-refractivity contribution >= 4 is 15.9 Å². The summed E-state index contributed by atoms with van der Waals surface area (Å²) in [5.41, 5.74) is 1.80. The third-order valence-corrected chi connectivity index (χ3v) is 5.38. The first-order chi connectivity index (χ1) is 13.3. The topological polar surface area (TPSA) is 107 Å². The average molecular weight is 398 g/mol. The van der Waals surface area contributed by atoms with Gasteiger partial charge in [-0.05, 0) is 29.7 Å². The molecule has 3 N–H and O–H groups in total. The van der Waals surface area contributed by atoms with Crippen LogP contribution in [0.4, 0.5) is 0 Å². The monoisotopic (exact) mass is 398 g/mol. The first-order valence-electron chi connectivity index (χ1n) is 8.78. The molecule has 0 aliphatic carbocycles. The number of primary sulfonamides is 1. The second-order valence-electron chi connectivity index (χ2n) is 6.50. The van der Waals surface area contributed by atoms with Crippen molar-refractivity contribution in [3.05, 3.63) is 83.9 Å². The Bertz CT molecular complexity index is 1040. The number of rotatable bonds is 7. The zero-order chi connectivity index (χ0) is 20.1. The van der Waals surface area contributed by atoms with Crippen molar-refractivity contribution in [2.75, 3.05) is 0 Å². The first kappa shape index (κ1) is 19.8. The standard InChI is InChI=1S/C20H22N4O3S/c1-24-14-13-22-20(24)19(16-5-3-2-4-6-16)23-18(25)12-9-15-7-10-17(11-8-15)28(21,26)27/h2-8,10-11,13-14,19H,9,12H2,1H3,(H,23,25)(H2,21,26,27). The van der Waals surface area contributed by atoms with E-state index in [1.54, 1.807) is 18.3 Å². The third-order valence-electron chi connectivity index (χ3n) is 4.45. The smallest absolute Gasteiger partial charge is 0.238 e. The van der Waals surface area contributed by atoms with Crippen molar-refractivity contribution in [3.8, 4) is 0 Å². The summed E-state index contributed by atoms with van der Waals surface area (Å²) in [5.74, 6) is 0.629. The molecule has 0 fully saturated rings. The van der Waals surface area contributed by atoms with Crippen LogP contribution in [0.25, 0.3) is 0 Å². The number of carbonyl (C=O) groups excluding carboxylic acids is 1. The van der Waals surface area contributed by atoms with E-state index in [9.17, 15) is 13.2 Å². The van der Waals surface area contributed by atoms with Crippen molar-refractivity contribution in [2.24, 2.45) is 12.2 Å². The highest BCUT2D eigenvalue weighted by Gasteiger charge is 2.20. The molecule has 8 heteroatoms. The molecule has 1 aromatic heterocycles. The number of sulfonamides is 1. The molecule has 1 atom stereocenters. The van der Waals surface area contributed by atoms with E-state index < -0.39 is 10.0 Å². The number of imidazole rings is 1. The summed E-state index contributed by atoms with van der Waals surface area (Å²) in [6, 6.07) is 15.5. The lowest BCUT2D eigenvalue weighted by atomic mass is 10.1. The highest BCUT2D eigenvalue weighted by atomic mass is 32.2. The average Bonchev–Trinajstić information content (AvgIpc) is 3.10. The van der Waals surface area contributed by atoms with Crippen LogP contribution in [0, 0.1) is 0 Å². The molecule has 0 saturated carbocycles. The van der Waals surface area contributed by atoms with Crippen LogP contribution in [0.15, 0.2) is 71.9 Å². The van der Waals surface area contributed by atoms with Crippen molar-refractivity contribution in [2.45, 2.75) is 23.8 Å². The SMILES string of the molecule is Cn1ccnc1C(NC(=O)CCc1ccc(S(N)(=O)=O)cc1)c1ccccc1. The normalized spacial score (nSPS) is 12.5. The Hall–Kier alpha value is -2.97. The summed E-state index contributed by atoms with van der Waals surface area (Å²) in [6.07, 6.45) is 4.29. The maximum Gasteiger partial charge on any atom is 0.238 e. The number of hydrogen-bond donors (Lipinski definition) is 2. The zero-order valence-corrected chi connectivity index (χ0v) is 16.3. The Labute approximate surface area is 164 Å². The highest BCUT2D eigenvalue weighted by molar-refractivity contribution is 7.89. The summed E-state index contributed by atoms with van der Waals surface area (Å²) < 4.78 is 24.5. The number of nitrogens with zero attached hydrogens (tertiary/aromatic N) is 2. The van der Waals surface area contributed by atoms with Gasteiger partial charge in [0.15, 0.2) is 0 Å². The predicted octanol–water partition coefficient (Wildman–Crippen LogP) is 1.91. The number of nitrogens with two attached hydrogens (primary N) is 1. The first-order valence-corrected chi connectivity index (χ1v) is 10.3. The van der Waals surface area contributed by atoms with Gasteiger partial charge < -0.3 is 9.88 Å². The summed E-state index contributed by atoms with van der Waals surface area (Å²) in [7, 11) is -1.83. The van der Waals surface area contributed by atoms with Crippen LogP contribution in [-0.2, 0) is 28.3 Å². The fourth-order valence-electron chi connectivity index (χ4n) is 2.93. The molecule has 0 aliphatic rings. The van der Waals surface area contributed by atoms with Crippen molar-refractivity contribution in [1.29, 1.82) is 0 Å². The molecule has 0 saturated heterocycles. The van der Waals surface area contributed by atoms with Crippen LogP contribution in [0.2, 0.25) is 0 Å². The van der Waals surface area contributed by atoms with Gasteiger partial charge in [-0.15, -0.1) is 0 Å². The van der Waals surface area contributed by atoms with Gasteiger partial charge in [0.05, 0.1) is 4.90 Å². The van der Waals surface area contributed by atoms with Crippen LogP contribution in [0.3, 0.4) is 0 Å². The van der Waals surface area contributed by atoms with Gasteiger partial charge in [-0.25, -0.2) is 18.5 Å². The van der Waals surface area contributed by atoms with E-state index in [4.69, 9.17) is 5.14 Å². The van der Waals surface area contributed by atoms with Gasteiger partial charge in [0.25, 0.3) is 0 Å². The minimum atomic E-state index is -3.72. The quantitative estimate of drug-likeness (QED) is 0.634. The van der Waals surface area contributed by atoms with E-state index in [2.05, 4.69) is 10.3 Å². The third kappa shape index (κ3) is 4.85.